The SMILES string of the molecule is CN(Cc1cc(C(C)(C)C)cc(C(C)(C)C)c1O)[C@H]1CCCC[C@@H]1N=Cc1cc(C(C)(C)C)cc(C(C)(C)C)c1O. The molecule has 0 heterocycles. The average Bonchev–Trinajstić information content (AvgIpc) is 2.81. The number of phenols is 2. The van der Waals surface area contributed by atoms with Crippen LogP contribution in [0.3, 0.4) is 0 Å². The number of rotatable bonds is 5. The molecule has 2 atom stereocenters. The third-order valence-corrected chi connectivity index (χ3v) is 8.76. The molecule has 1 saturated carbocycles. The summed E-state index contributed by atoms with van der Waals surface area (Å²) in [5.74, 6) is 0.764. The van der Waals surface area contributed by atoms with E-state index in [0.717, 1.165) is 41.5 Å². The van der Waals surface area contributed by atoms with Crippen LogP contribution in [-0.2, 0) is 28.2 Å². The van der Waals surface area contributed by atoms with Gasteiger partial charge in [0, 0.05) is 35.5 Å². The van der Waals surface area contributed by atoms with Gasteiger partial charge in [-0.05, 0) is 64.3 Å². The van der Waals surface area contributed by atoms with Crippen LogP contribution < -0.4 is 0 Å². The number of aromatic hydroxyl groups is 2. The van der Waals surface area contributed by atoms with Crippen molar-refractivity contribution < 1.29 is 10.2 Å². The summed E-state index contributed by atoms with van der Waals surface area (Å²) in [6.45, 7) is 27.0. The lowest BCUT2D eigenvalue weighted by Crippen LogP contribution is -2.42. The second-order valence-corrected chi connectivity index (χ2v) is 16.6. The zero-order chi connectivity index (χ0) is 31.1. The van der Waals surface area contributed by atoms with Crippen LogP contribution in [0, 0.1) is 0 Å². The largest absolute Gasteiger partial charge is 0.507 e. The molecule has 41 heavy (non-hydrogen) atoms. The molecule has 4 nitrogen and oxygen atoms in total. The molecule has 3 rings (SSSR count). The minimum atomic E-state index is -0.170. The van der Waals surface area contributed by atoms with E-state index in [2.05, 4.69) is 119 Å². The van der Waals surface area contributed by atoms with Gasteiger partial charge in [-0.15, -0.1) is 0 Å². The van der Waals surface area contributed by atoms with Crippen LogP contribution in [0.15, 0.2) is 29.3 Å². The van der Waals surface area contributed by atoms with Gasteiger partial charge in [-0.1, -0.05) is 114 Å². The lowest BCUT2D eigenvalue weighted by Gasteiger charge is -2.37. The first-order valence-corrected chi connectivity index (χ1v) is 15.6. The maximum absolute atomic E-state index is 11.4. The Bertz CT molecular complexity index is 1250. The molecule has 2 aromatic rings. The number of benzene rings is 2. The number of phenolic OH excluding ortho intramolecular Hbond substituents is 2. The number of nitrogens with zero attached hydrogens (tertiary/aromatic N) is 2. The topological polar surface area (TPSA) is 56.1 Å². The lowest BCUT2D eigenvalue weighted by atomic mass is 9.78. The smallest absolute Gasteiger partial charge is 0.128 e. The minimum absolute atomic E-state index is 0.00576. The fourth-order valence-electron chi connectivity index (χ4n) is 5.92. The normalized spacial score (nSPS) is 19.4. The second kappa shape index (κ2) is 11.7. The maximum atomic E-state index is 11.4. The summed E-state index contributed by atoms with van der Waals surface area (Å²) in [5.41, 5.74) is 5.89. The van der Waals surface area contributed by atoms with Crippen LogP contribution in [0.1, 0.15) is 142 Å². The lowest BCUT2D eigenvalue weighted by molar-refractivity contribution is 0.162. The van der Waals surface area contributed by atoms with Crippen molar-refractivity contribution in [1.82, 2.24) is 4.90 Å². The van der Waals surface area contributed by atoms with Gasteiger partial charge in [-0.25, -0.2) is 0 Å². The minimum Gasteiger partial charge on any atom is -0.507 e. The maximum Gasteiger partial charge on any atom is 0.128 e. The molecule has 0 aliphatic heterocycles. The summed E-state index contributed by atoms with van der Waals surface area (Å²) >= 11 is 0. The van der Waals surface area contributed by atoms with Crippen LogP contribution in [0.4, 0.5) is 0 Å². The standard InChI is InChI=1S/C37H58N2O2/c1-34(2,3)26-18-24(32(40)28(20-26)36(7,8)9)22-38-30-16-14-15-17-31(30)39(13)23-25-19-27(35(4,5)6)21-29(33(25)41)37(10,11)12/h18-22,30-31,40-41H,14-17,23H2,1-13H3/t30-,31-/m0/s1. The molecule has 2 N–H and O–H groups in total. The Kier molecular flexibility index (Phi) is 9.50. The Morgan fingerprint density at radius 2 is 1.20 bits per heavy atom. The highest BCUT2D eigenvalue weighted by Crippen LogP contribution is 2.40. The summed E-state index contributed by atoms with van der Waals surface area (Å²) in [7, 11) is 2.17. The van der Waals surface area contributed by atoms with Gasteiger partial charge in [0.1, 0.15) is 11.5 Å². The fraction of sp³-hybridized carbons (Fsp3) is 0.649. The molecular weight excluding hydrogens is 504 g/mol. The highest BCUT2D eigenvalue weighted by molar-refractivity contribution is 5.85. The molecule has 0 spiro atoms. The molecule has 0 radical (unpaired) electrons. The predicted octanol–water partition coefficient (Wildman–Crippen LogP) is 9.15. The zero-order valence-corrected chi connectivity index (χ0v) is 28.4. The van der Waals surface area contributed by atoms with E-state index in [9.17, 15) is 10.2 Å². The molecule has 0 aromatic heterocycles. The van der Waals surface area contributed by atoms with E-state index in [0.29, 0.717) is 18.0 Å². The van der Waals surface area contributed by atoms with Crippen molar-refractivity contribution in [2.75, 3.05) is 7.05 Å². The molecule has 228 valence electrons. The van der Waals surface area contributed by atoms with Crippen LogP contribution in [0.5, 0.6) is 11.5 Å². The van der Waals surface area contributed by atoms with Crippen molar-refractivity contribution in [2.24, 2.45) is 4.99 Å². The summed E-state index contributed by atoms with van der Waals surface area (Å²) in [5, 5.41) is 22.7. The van der Waals surface area contributed by atoms with Gasteiger partial charge in [0.05, 0.1) is 6.04 Å². The molecule has 1 aliphatic rings. The van der Waals surface area contributed by atoms with Crippen molar-refractivity contribution in [3.05, 3.63) is 57.6 Å². The molecule has 1 aliphatic carbocycles. The summed E-state index contributed by atoms with van der Waals surface area (Å²) in [4.78, 5) is 7.54. The van der Waals surface area contributed by atoms with Crippen molar-refractivity contribution in [3.63, 3.8) is 0 Å². The third-order valence-electron chi connectivity index (χ3n) is 8.76. The first-order valence-electron chi connectivity index (χ1n) is 15.6. The monoisotopic (exact) mass is 562 g/mol. The Hall–Kier alpha value is -2.33. The van der Waals surface area contributed by atoms with Gasteiger partial charge < -0.3 is 10.2 Å². The van der Waals surface area contributed by atoms with E-state index in [-0.39, 0.29) is 33.7 Å². The summed E-state index contributed by atoms with van der Waals surface area (Å²) in [6.07, 6.45) is 6.37. The van der Waals surface area contributed by atoms with Crippen molar-refractivity contribution >= 4 is 6.21 Å². The van der Waals surface area contributed by atoms with Crippen LogP contribution in [0.2, 0.25) is 0 Å². The van der Waals surface area contributed by atoms with Gasteiger partial charge in [-0.2, -0.15) is 0 Å². The number of hydrogen-bond acceptors (Lipinski definition) is 4. The van der Waals surface area contributed by atoms with E-state index < -0.39 is 0 Å². The number of aliphatic imine (C=N–C) groups is 1. The molecule has 0 bridgehead atoms. The Morgan fingerprint density at radius 3 is 1.71 bits per heavy atom. The van der Waals surface area contributed by atoms with Gasteiger partial charge >= 0.3 is 0 Å². The summed E-state index contributed by atoms with van der Waals surface area (Å²) < 4.78 is 0. The third kappa shape index (κ3) is 7.95. The molecule has 2 aromatic carbocycles. The first-order chi connectivity index (χ1) is 18.6. The number of likely N-dealkylation sites (N-methyl/N-ethyl adjacent to an activating group) is 1. The highest BCUT2D eigenvalue weighted by atomic mass is 16.3. The molecule has 4 heteroatoms. The van der Waals surface area contributed by atoms with Crippen LogP contribution in [0.25, 0.3) is 0 Å². The second-order valence-electron chi connectivity index (χ2n) is 16.6. The molecule has 0 amide bonds. The number of hydrogen-bond donors (Lipinski definition) is 2. The summed E-state index contributed by atoms with van der Waals surface area (Å²) in [6, 6.07) is 9.07. The van der Waals surface area contributed by atoms with E-state index in [1.165, 1.54) is 17.5 Å². The predicted molar refractivity (Wildman–Crippen MR) is 176 cm³/mol. The Labute approximate surface area is 251 Å². The van der Waals surface area contributed by atoms with Crippen molar-refractivity contribution in [3.8, 4) is 11.5 Å². The van der Waals surface area contributed by atoms with Crippen molar-refractivity contribution in [2.45, 2.75) is 149 Å². The van der Waals surface area contributed by atoms with Gasteiger partial charge in [0.25, 0.3) is 0 Å². The van der Waals surface area contributed by atoms with Crippen LogP contribution >= 0.6 is 0 Å². The van der Waals surface area contributed by atoms with Gasteiger partial charge in [-0.3, -0.25) is 9.89 Å². The average molecular weight is 563 g/mol. The van der Waals surface area contributed by atoms with Gasteiger partial charge in [0.2, 0.25) is 0 Å². The van der Waals surface area contributed by atoms with E-state index in [1.807, 2.05) is 6.21 Å². The first kappa shape index (κ1) is 33.2. The zero-order valence-electron chi connectivity index (χ0n) is 28.4. The van der Waals surface area contributed by atoms with Gasteiger partial charge in [0.15, 0.2) is 0 Å². The molecule has 0 saturated heterocycles. The molecular formula is C37H58N2O2. The van der Waals surface area contributed by atoms with E-state index in [4.69, 9.17) is 4.99 Å². The highest BCUT2D eigenvalue weighted by Gasteiger charge is 2.31. The van der Waals surface area contributed by atoms with E-state index >= 15 is 0 Å². The van der Waals surface area contributed by atoms with Crippen LogP contribution in [-0.4, -0.2) is 40.5 Å². The van der Waals surface area contributed by atoms with Crippen molar-refractivity contribution in [1.29, 1.82) is 0 Å². The van der Waals surface area contributed by atoms with E-state index in [1.54, 1.807) is 0 Å². The molecule has 0 unspecified atom stereocenters. The molecule has 1 fully saturated rings. The fourth-order valence-corrected chi connectivity index (χ4v) is 5.92. The Morgan fingerprint density at radius 1 is 0.707 bits per heavy atom. The Balaban J connectivity index is 1.97. The quantitative estimate of drug-likeness (QED) is 0.357.